The predicted octanol–water partition coefficient (Wildman–Crippen LogP) is 0.689. The fraction of sp³-hybridized carbons (Fsp3) is 0.294. The second-order valence-corrected chi connectivity index (χ2v) is 6.10. The van der Waals surface area contributed by atoms with Gasteiger partial charge in [-0.2, -0.15) is 0 Å². The number of aryl methyl sites for hydroxylation is 3. The van der Waals surface area contributed by atoms with Gasteiger partial charge in [0.2, 0.25) is 5.91 Å². The molecule has 0 atom stereocenters. The molecule has 2 aromatic heterocycles. The number of carbonyl (C=O) groups is 1. The van der Waals surface area contributed by atoms with E-state index in [0.717, 1.165) is 15.7 Å². The minimum atomic E-state index is -0.477. The van der Waals surface area contributed by atoms with E-state index in [-0.39, 0.29) is 23.6 Å². The van der Waals surface area contributed by atoms with Crippen molar-refractivity contribution in [2.24, 2.45) is 14.1 Å². The maximum Gasteiger partial charge on any atom is 0.332 e. The SMILES string of the molecule is Cc1ccc(NC(=O)Cn2cnc3c2c(=O)n(C)c(=O)n3C)cc1C. The van der Waals surface area contributed by atoms with Gasteiger partial charge in [-0.3, -0.25) is 18.7 Å². The number of benzene rings is 1. The van der Waals surface area contributed by atoms with Crippen molar-refractivity contribution in [2.45, 2.75) is 20.4 Å². The van der Waals surface area contributed by atoms with Crippen LogP contribution in [0.4, 0.5) is 5.69 Å². The summed E-state index contributed by atoms with van der Waals surface area (Å²) in [6, 6.07) is 5.65. The van der Waals surface area contributed by atoms with Gasteiger partial charge in [0.25, 0.3) is 5.56 Å². The van der Waals surface area contributed by atoms with E-state index >= 15 is 0 Å². The molecule has 0 unspecified atom stereocenters. The number of nitrogens with zero attached hydrogens (tertiary/aromatic N) is 4. The molecule has 1 amide bonds. The number of fused-ring (bicyclic) bond motifs is 1. The van der Waals surface area contributed by atoms with E-state index in [2.05, 4.69) is 10.3 Å². The Labute approximate surface area is 143 Å². The third-order valence-electron chi connectivity index (χ3n) is 4.32. The van der Waals surface area contributed by atoms with E-state index in [1.807, 2.05) is 32.0 Å². The van der Waals surface area contributed by atoms with Crippen LogP contribution in [0.25, 0.3) is 11.2 Å². The molecule has 3 aromatic rings. The molecular weight excluding hydrogens is 322 g/mol. The third kappa shape index (κ3) is 2.86. The van der Waals surface area contributed by atoms with Gasteiger partial charge in [0, 0.05) is 19.8 Å². The standard InChI is InChI=1S/C17H19N5O3/c1-10-5-6-12(7-11(10)2)19-13(23)8-22-9-18-15-14(22)16(24)21(4)17(25)20(15)3/h5-7,9H,8H2,1-4H3,(H,19,23). The first-order valence-electron chi connectivity index (χ1n) is 7.77. The maximum absolute atomic E-state index is 12.4. The minimum absolute atomic E-state index is 0.0726. The number of hydrogen-bond donors (Lipinski definition) is 1. The normalized spacial score (nSPS) is 11.0. The number of amides is 1. The van der Waals surface area contributed by atoms with Crippen molar-refractivity contribution in [2.75, 3.05) is 5.32 Å². The number of imidazole rings is 1. The molecule has 25 heavy (non-hydrogen) atoms. The molecule has 2 heterocycles. The van der Waals surface area contributed by atoms with Crippen LogP contribution in [0.2, 0.25) is 0 Å². The molecule has 0 radical (unpaired) electrons. The van der Waals surface area contributed by atoms with E-state index in [4.69, 9.17) is 0 Å². The summed E-state index contributed by atoms with van der Waals surface area (Å²) in [5.41, 5.74) is 2.46. The first-order valence-corrected chi connectivity index (χ1v) is 7.77. The van der Waals surface area contributed by atoms with Crippen LogP contribution in [-0.4, -0.2) is 24.6 Å². The Hall–Kier alpha value is -3.16. The van der Waals surface area contributed by atoms with Gasteiger partial charge in [-0.25, -0.2) is 9.78 Å². The highest BCUT2D eigenvalue weighted by atomic mass is 16.2. The summed E-state index contributed by atoms with van der Waals surface area (Å²) in [6.45, 7) is 3.90. The third-order valence-corrected chi connectivity index (χ3v) is 4.32. The lowest BCUT2D eigenvalue weighted by atomic mass is 10.1. The van der Waals surface area contributed by atoms with E-state index in [0.29, 0.717) is 5.69 Å². The Kier molecular flexibility index (Phi) is 4.03. The minimum Gasteiger partial charge on any atom is -0.325 e. The lowest BCUT2D eigenvalue weighted by Crippen LogP contribution is -2.37. The number of hydrogen-bond acceptors (Lipinski definition) is 4. The Morgan fingerprint density at radius 2 is 1.84 bits per heavy atom. The molecule has 0 saturated heterocycles. The van der Waals surface area contributed by atoms with Crippen LogP contribution in [0.3, 0.4) is 0 Å². The number of rotatable bonds is 3. The second-order valence-electron chi connectivity index (χ2n) is 6.10. The summed E-state index contributed by atoms with van der Waals surface area (Å²) in [7, 11) is 2.94. The first-order chi connectivity index (χ1) is 11.8. The van der Waals surface area contributed by atoms with Crippen molar-refractivity contribution in [1.29, 1.82) is 0 Å². The molecule has 3 rings (SSSR count). The highest BCUT2D eigenvalue weighted by molar-refractivity contribution is 5.91. The second kappa shape index (κ2) is 6.04. The zero-order chi connectivity index (χ0) is 18.3. The maximum atomic E-state index is 12.4. The van der Waals surface area contributed by atoms with Gasteiger partial charge in [-0.05, 0) is 37.1 Å². The summed E-state index contributed by atoms with van der Waals surface area (Å²) in [4.78, 5) is 40.7. The fourth-order valence-electron chi connectivity index (χ4n) is 2.69. The molecule has 0 saturated carbocycles. The Morgan fingerprint density at radius 1 is 1.12 bits per heavy atom. The van der Waals surface area contributed by atoms with Gasteiger partial charge >= 0.3 is 5.69 Å². The number of aromatic nitrogens is 4. The van der Waals surface area contributed by atoms with Gasteiger partial charge in [-0.1, -0.05) is 6.07 Å². The molecule has 0 bridgehead atoms. The van der Waals surface area contributed by atoms with Crippen LogP contribution < -0.4 is 16.6 Å². The van der Waals surface area contributed by atoms with Gasteiger partial charge in [0.1, 0.15) is 6.54 Å². The Bertz CT molecular complexity index is 1100. The van der Waals surface area contributed by atoms with Crippen LogP contribution in [-0.2, 0) is 25.4 Å². The quantitative estimate of drug-likeness (QED) is 0.759. The summed E-state index contributed by atoms with van der Waals surface area (Å²) in [6.07, 6.45) is 1.39. The van der Waals surface area contributed by atoms with E-state index in [1.54, 1.807) is 0 Å². The van der Waals surface area contributed by atoms with Gasteiger partial charge in [0.05, 0.1) is 6.33 Å². The van der Waals surface area contributed by atoms with Crippen molar-refractivity contribution < 1.29 is 4.79 Å². The molecule has 8 heteroatoms. The Morgan fingerprint density at radius 3 is 2.52 bits per heavy atom. The van der Waals surface area contributed by atoms with Crippen LogP contribution in [0.5, 0.6) is 0 Å². The molecule has 0 spiro atoms. The van der Waals surface area contributed by atoms with Crippen molar-refractivity contribution in [1.82, 2.24) is 18.7 Å². The lowest BCUT2D eigenvalue weighted by molar-refractivity contribution is -0.116. The summed E-state index contributed by atoms with van der Waals surface area (Å²) < 4.78 is 3.74. The number of anilines is 1. The molecule has 0 aliphatic carbocycles. The molecular formula is C17H19N5O3. The van der Waals surface area contributed by atoms with Crippen molar-refractivity contribution >= 4 is 22.8 Å². The van der Waals surface area contributed by atoms with E-state index in [9.17, 15) is 14.4 Å². The molecule has 130 valence electrons. The molecule has 8 nitrogen and oxygen atoms in total. The summed E-state index contributed by atoms with van der Waals surface area (Å²) in [5, 5.41) is 2.81. The molecule has 0 aliphatic rings. The molecule has 0 fully saturated rings. The smallest absolute Gasteiger partial charge is 0.325 e. The Balaban J connectivity index is 1.93. The van der Waals surface area contributed by atoms with Crippen LogP contribution in [0.15, 0.2) is 34.1 Å². The molecule has 0 aliphatic heterocycles. The summed E-state index contributed by atoms with van der Waals surface area (Å²) >= 11 is 0. The van der Waals surface area contributed by atoms with Crippen molar-refractivity contribution in [3.63, 3.8) is 0 Å². The average molecular weight is 341 g/mol. The number of nitrogens with one attached hydrogen (secondary N) is 1. The van der Waals surface area contributed by atoms with Gasteiger partial charge in [0.15, 0.2) is 11.2 Å². The molecule has 1 aromatic carbocycles. The highest BCUT2D eigenvalue weighted by Crippen LogP contribution is 2.14. The predicted molar refractivity (Wildman–Crippen MR) is 94.8 cm³/mol. The topological polar surface area (TPSA) is 90.9 Å². The van der Waals surface area contributed by atoms with Gasteiger partial charge < -0.3 is 9.88 Å². The fourth-order valence-corrected chi connectivity index (χ4v) is 2.69. The van der Waals surface area contributed by atoms with Crippen molar-refractivity contribution in [3.05, 3.63) is 56.5 Å². The van der Waals surface area contributed by atoms with Crippen molar-refractivity contribution in [3.8, 4) is 0 Å². The van der Waals surface area contributed by atoms with Crippen LogP contribution in [0, 0.1) is 13.8 Å². The first kappa shape index (κ1) is 16.7. The van der Waals surface area contributed by atoms with E-state index < -0.39 is 11.2 Å². The zero-order valence-electron chi connectivity index (χ0n) is 14.5. The monoisotopic (exact) mass is 341 g/mol. The lowest BCUT2D eigenvalue weighted by Gasteiger charge is -2.09. The number of carbonyl (C=O) groups excluding carboxylic acids is 1. The van der Waals surface area contributed by atoms with Crippen LogP contribution >= 0.6 is 0 Å². The van der Waals surface area contributed by atoms with Crippen LogP contribution in [0.1, 0.15) is 11.1 Å². The van der Waals surface area contributed by atoms with Gasteiger partial charge in [-0.15, -0.1) is 0 Å². The largest absolute Gasteiger partial charge is 0.332 e. The zero-order valence-corrected chi connectivity index (χ0v) is 14.5. The van der Waals surface area contributed by atoms with E-state index in [1.165, 1.54) is 29.6 Å². The summed E-state index contributed by atoms with van der Waals surface area (Å²) in [5.74, 6) is -0.279. The highest BCUT2D eigenvalue weighted by Gasteiger charge is 2.16. The average Bonchev–Trinajstić information content (AvgIpc) is 2.98. The molecule has 1 N–H and O–H groups in total.